The topological polar surface area (TPSA) is 42.9 Å². The van der Waals surface area contributed by atoms with Gasteiger partial charge in [-0.25, -0.2) is 9.38 Å². The lowest BCUT2D eigenvalue weighted by Gasteiger charge is -2.35. The monoisotopic (exact) mass is 545 g/mol. The lowest BCUT2D eigenvalue weighted by Crippen LogP contribution is -2.46. The Kier molecular flexibility index (Phi) is 10.3. The molecular weight excluding hydrogens is 512 g/mol. The molecule has 8 heteroatoms. The van der Waals surface area contributed by atoms with Gasteiger partial charge in [0, 0.05) is 37.6 Å². The molecule has 0 bridgehead atoms. The Morgan fingerprint density at radius 1 is 1.20 bits per heavy atom. The first kappa shape index (κ1) is 24.9. The van der Waals surface area contributed by atoms with Crippen molar-refractivity contribution in [3.8, 4) is 0 Å². The van der Waals surface area contributed by atoms with Crippen LogP contribution in [0.25, 0.3) is 0 Å². The number of hydrogen-bond acceptors (Lipinski definition) is 4. The van der Waals surface area contributed by atoms with E-state index in [0.717, 1.165) is 50.8 Å². The van der Waals surface area contributed by atoms with Crippen molar-refractivity contribution in [3.63, 3.8) is 0 Å². The molecule has 2 heterocycles. The minimum atomic E-state index is -0.160. The number of anilines is 1. The summed E-state index contributed by atoms with van der Waals surface area (Å²) in [5.41, 5.74) is 1.57. The minimum Gasteiger partial charge on any atom is -0.367 e. The number of guanidine groups is 1. The lowest BCUT2D eigenvalue weighted by molar-refractivity contribution is 0.270. The Balaban J connectivity index is 0.00000320. The van der Waals surface area contributed by atoms with Gasteiger partial charge < -0.3 is 20.4 Å². The Hall–Kier alpha value is -1.39. The average Bonchev–Trinajstić information content (AvgIpc) is 3.27. The molecule has 166 valence electrons. The molecule has 0 spiro atoms. The van der Waals surface area contributed by atoms with E-state index in [9.17, 15) is 4.39 Å². The molecule has 0 radical (unpaired) electrons. The number of aliphatic imine (C=N–C) groups is 1. The van der Waals surface area contributed by atoms with Gasteiger partial charge in [0.1, 0.15) is 5.82 Å². The molecule has 1 fully saturated rings. The molecule has 2 N–H and O–H groups in total. The van der Waals surface area contributed by atoms with Gasteiger partial charge in [-0.15, -0.1) is 35.3 Å². The Bertz CT molecular complexity index is 791. The number of likely N-dealkylation sites (N-methyl/N-ethyl adjacent to an activating group) is 1. The normalized spacial score (nSPS) is 16.1. The van der Waals surface area contributed by atoms with Crippen molar-refractivity contribution in [3.05, 3.63) is 52.0 Å². The van der Waals surface area contributed by atoms with Crippen molar-refractivity contribution in [2.45, 2.75) is 33.4 Å². The van der Waals surface area contributed by atoms with E-state index in [1.165, 1.54) is 4.88 Å². The first-order chi connectivity index (χ1) is 14.1. The molecule has 1 unspecified atom stereocenters. The summed E-state index contributed by atoms with van der Waals surface area (Å²) in [4.78, 5) is 10.4. The smallest absolute Gasteiger partial charge is 0.192 e. The molecule has 2 aromatic rings. The van der Waals surface area contributed by atoms with Crippen molar-refractivity contribution in [2.24, 2.45) is 4.99 Å². The first-order valence-corrected chi connectivity index (χ1v) is 11.3. The van der Waals surface area contributed by atoms with E-state index in [4.69, 9.17) is 0 Å². The van der Waals surface area contributed by atoms with Crippen LogP contribution in [0.5, 0.6) is 0 Å². The number of piperazine rings is 1. The molecule has 0 saturated carbocycles. The summed E-state index contributed by atoms with van der Waals surface area (Å²) in [5, 5.41) is 8.76. The van der Waals surface area contributed by atoms with Crippen LogP contribution in [0, 0.1) is 5.82 Å². The third kappa shape index (κ3) is 6.81. The van der Waals surface area contributed by atoms with Gasteiger partial charge in [-0.3, -0.25) is 0 Å². The Morgan fingerprint density at radius 3 is 2.57 bits per heavy atom. The highest BCUT2D eigenvalue weighted by atomic mass is 127. The average molecular weight is 546 g/mol. The molecule has 1 aliphatic heterocycles. The van der Waals surface area contributed by atoms with E-state index in [1.54, 1.807) is 17.4 Å². The van der Waals surface area contributed by atoms with Gasteiger partial charge in [-0.05, 0) is 49.5 Å². The van der Waals surface area contributed by atoms with E-state index in [2.05, 4.69) is 56.8 Å². The number of nitrogens with zero attached hydrogens (tertiary/aromatic N) is 3. The fourth-order valence-electron chi connectivity index (χ4n) is 3.51. The van der Waals surface area contributed by atoms with Gasteiger partial charge in [0.2, 0.25) is 0 Å². The van der Waals surface area contributed by atoms with Gasteiger partial charge >= 0.3 is 0 Å². The van der Waals surface area contributed by atoms with Gasteiger partial charge in [0.15, 0.2) is 5.96 Å². The second-order valence-electron chi connectivity index (χ2n) is 7.28. The Labute approximate surface area is 200 Å². The molecule has 0 amide bonds. The van der Waals surface area contributed by atoms with E-state index >= 15 is 0 Å². The SMILES string of the molecule is CCNC(=NCc1ccc(N2CCN(CC)CC2)c(F)c1)NC(C)c1cccs1.I. The molecule has 3 rings (SSSR count). The molecule has 5 nitrogen and oxygen atoms in total. The van der Waals surface area contributed by atoms with E-state index in [1.807, 2.05) is 19.1 Å². The second kappa shape index (κ2) is 12.5. The zero-order valence-electron chi connectivity index (χ0n) is 18.0. The molecular formula is C22H33FIN5S. The highest BCUT2D eigenvalue weighted by molar-refractivity contribution is 14.0. The predicted molar refractivity (Wildman–Crippen MR) is 137 cm³/mol. The molecule has 0 aliphatic carbocycles. The van der Waals surface area contributed by atoms with Crippen molar-refractivity contribution in [1.82, 2.24) is 15.5 Å². The van der Waals surface area contributed by atoms with Crippen LogP contribution < -0.4 is 15.5 Å². The van der Waals surface area contributed by atoms with Gasteiger partial charge in [0.25, 0.3) is 0 Å². The van der Waals surface area contributed by atoms with Crippen LogP contribution in [0.2, 0.25) is 0 Å². The van der Waals surface area contributed by atoms with Gasteiger partial charge in [0.05, 0.1) is 18.3 Å². The quantitative estimate of drug-likeness (QED) is 0.307. The largest absolute Gasteiger partial charge is 0.367 e. The molecule has 1 saturated heterocycles. The van der Waals surface area contributed by atoms with Crippen LogP contribution in [0.15, 0.2) is 40.7 Å². The fraction of sp³-hybridized carbons (Fsp3) is 0.500. The Morgan fingerprint density at radius 2 is 1.97 bits per heavy atom. The number of hydrogen-bond donors (Lipinski definition) is 2. The van der Waals surface area contributed by atoms with Crippen molar-refractivity contribution in [1.29, 1.82) is 0 Å². The zero-order chi connectivity index (χ0) is 20.6. The summed E-state index contributed by atoms with van der Waals surface area (Å²) in [6.45, 7) is 12.3. The number of halogens is 2. The summed E-state index contributed by atoms with van der Waals surface area (Å²) >= 11 is 1.72. The van der Waals surface area contributed by atoms with Crippen molar-refractivity contribution >= 4 is 47.0 Å². The van der Waals surface area contributed by atoms with Crippen LogP contribution in [0.4, 0.5) is 10.1 Å². The summed E-state index contributed by atoms with van der Waals surface area (Å²) in [6, 6.07) is 9.84. The second-order valence-corrected chi connectivity index (χ2v) is 8.26. The highest BCUT2D eigenvalue weighted by Gasteiger charge is 2.18. The van der Waals surface area contributed by atoms with Crippen LogP contribution in [0.1, 0.15) is 37.3 Å². The standard InChI is InChI=1S/C22H32FN5S.HI/c1-4-24-22(26-17(3)21-7-6-14-29-21)25-16-18-8-9-20(19(23)15-18)28-12-10-27(5-2)11-13-28;/h6-9,14-15,17H,4-5,10-13,16H2,1-3H3,(H2,24,25,26);1H. The van der Waals surface area contributed by atoms with Crippen molar-refractivity contribution in [2.75, 3.05) is 44.2 Å². The van der Waals surface area contributed by atoms with Crippen LogP contribution in [-0.4, -0.2) is 50.1 Å². The molecule has 1 aromatic carbocycles. The number of rotatable bonds is 7. The fourth-order valence-corrected chi connectivity index (χ4v) is 4.25. The van der Waals surface area contributed by atoms with Crippen LogP contribution in [0.3, 0.4) is 0 Å². The number of benzene rings is 1. The maximum Gasteiger partial charge on any atom is 0.192 e. The van der Waals surface area contributed by atoms with E-state index < -0.39 is 0 Å². The first-order valence-electron chi connectivity index (χ1n) is 10.4. The highest BCUT2D eigenvalue weighted by Crippen LogP contribution is 2.22. The molecule has 30 heavy (non-hydrogen) atoms. The minimum absolute atomic E-state index is 0. The maximum atomic E-state index is 14.7. The lowest BCUT2D eigenvalue weighted by atomic mass is 10.1. The van der Waals surface area contributed by atoms with Crippen molar-refractivity contribution < 1.29 is 4.39 Å². The molecule has 1 atom stereocenters. The van der Waals surface area contributed by atoms with E-state index in [-0.39, 0.29) is 35.8 Å². The molecule has 1 aromatic heterocycles. The number of thiophene rings is 1. The van der Waals surface area contributed by atoms with Crippen LogP contribution in [-0.2, 0) is 6.54 Å². The third-order valence-corrected chi connectivity index (χ3v) is 6.31. The van der Waals surface area contributed by atoms with Gasteiger partial charge in [-0.1, -0.05) is 19.1 Å². The third-order valence-electron chi connectivity index (χ3n) is 5.26. The number of nitrogens with one attached hydrogen (secondary N) is 2. The van der Waals surface area contributed by atoms with Gasteiger partial charge in [-0.2, -0.15) is 0 Å². The summed E-state index contributed by atoms with van der Waals surface area (Å²) in [7, 11) is 0. The summed E-state index contributed by atoms with van der Waals surface area (Å²) < 4.78 is 14.7. The van der Waals surface area contributed by atoms with Crippen LogP contribution >= 0.6 is 35.3 Å². The van der Waals surface area contributed by atoms with E-state index in [0.29, 0.717) is 12.2 Å². The summed E-state index contributed by atoms with van der Waals surface area (Å²) in [6.07, 6.45) is 0. The maximum absolute atomic E-state index is 14.7. The zero-order valence-corrected chi connectivity index (χ0v) is 21.2. The summed E-state index contributed by atoms with van der Waals surface area (Å²) in [5.74, 6) is 0.584. The molecule has 1 aliphatic rings. The predicted octanol–water partition coefficient (Wildman–Crippen LogP) is 4.46.